The first kappa shape index (κ1) is 22.4. The highest BCUT2D eigenvalue weighted by Crippen LogP contribution is 2.32. The largest absolute Gasteiger partial charge is 0.365 e. The van der Waals surface area contributed by atoms with E-state index in [0.717, 1.165) is 39.2 Å². The number of carbonyl (C=O) groups excluding carboxylic acids is 2. The van der Waals surface area contributed by atoms with Crippen molar-refractivity contribution in [2.24, 2.45) is 5.73 Å². The highest BCUT2D eigenvalue weighted by atomic mass is 35.5. The number of benzene rings is 1. The third-order valence-electron chi connectivity index (χ3n) is 6.13. The topological polar surface area (TPSA) is 123 Å². The highest BCUT2D eigenvalue weighted by Gasteiger charge is 2.26. The average Bonchev–Trinajstić information content (AvgIpc) is 3.36. The van der Waals surface area contributed by atoms with E-state index in [0.29, 0.717) is 29.3 Å². The number of carbonyl (C=O) groups is 2. The number of pyridine rings is 1. The summed E-state index contributed by atoms with van der Waals surface area (Å²) in [6, 6.07) is 10.7. The summed E-state index contributed by atoms with van der Waals surface area (Å²) in [7, 11) is 0. The van der Waals surface area contributed by atoms with Crippen LogP contribution in [-0.4, -0.2) is 26.6 Å². The number of aromatic amines is 1. The van der Waals surface area contributed by atoms with Crippen molar-refractivity contribution in [1.82, 2.24) is 20.1 Å². The van der Waals surface area contributed by atoms with Crippen molar-refractivity contribution in [3.63, 3.8) is 0 Å². The van der Waals surface area contributed by atoms with Gasteiger partial charge in [-0.2, -0.15) is 5.10 Å². The van der Waals surface area contributed by atoms with Gasteiger partial charge < -0.3 is 16.0 Å². The highest BCUT2D eigenvalue weighted by molar-refractivity contribution is 7.20. The fourth-order valence-electron chi connectivity index (χ4n) is 4.42. The van der Waals surface area contributed by atoms with Crippen LogP contribution in [-0.2, 0) is 13.0 Å². The number of halogens is 1. The molecule has 1 atom stereocenters. The quantitative estimate of drug-likeness (QED) is 0.390. The summed E-state index contributed by atoms with van der Waals surface area (Å²) in [5, 5.41) is 9.29. The Bertz CT molecular complexity index is 1500. The molecule has 3 aromatic heterocycles. The fourth-order valence-corrected chi connectivity index (χ4v) is 5.68. The Kier molecular flexibility index (Phi) is 5.75. The Morgan fingerprint density at radius 1 is 1.32 bits per heavy atom. The van der Waals surface area contributed by atoms with Crippen molar-refractivity contribution < 1.29 is 9.59 Å². The predicted octanol–water partition coefficient (Wildman–Crippen LogP) is 3.70. The second kappa shape index (κ2) is 8.73. The van der Waals surface area contributed by atoms with Crippen LogP contribution in [0.3, 0.4) is 0 Å². The standard InChI is InChI=1S/C24H22ClN5O3S/c1-12-14-10-20(34-24(14)30(29-12)11-13-5-2-3-6-17(13)25)23(33)28-19-8-4-7-18-15(19)9-16(21(26)31)22(32)27-18/h2-3,5-6,9-10,19H,4,7-8,11H2,1H3,(H2,26,31)(H,27,32)(H,28,33). The number of thiophene rings is 1. The molecule has 34 heavy (non-hydrogen) atoms. The van der Waals surface area contributed by atoms with E-state index < -0.39 is 11.5 Å². The Balaban J connectivity index is 1.43. The predicted molar refractivity (Wildman–Crippen MR) is 132 cm³/mol. The lowest BCUT2D eigenvalue weighted by atomic mass is 9.90. The molecule has 0 saturated heterocycles. The maximum absolute atomic E-state index is 13.2. The molecule has 1 aliphatic carbocycles. The molecule has 0 radical (unpaired) electrons. The molecule has 10 heteroatoms. The number of H-pyrrole nitrogens is 1. The summed E-state index contributed by atoms with van der Waals surface area (Å²) >= 11 is 7.70. The van der Waals surface area contributed by atoms with Crippen molar-refractivity contribution in [2.75, 3.05) is 0 Å². The van der Waals surface area contributed by atoms with Crippen LogP contribution in [0.5, 0.6) is 0 Å². The molecule has 5 rings (SSSR count). The first-order chi connectivity index (χ1) is 16.3. The molecule has 0 fully saturated rings. The molecule has 174 valence electrons. The van der Waals surface area contributed by atoms with Crippen LogP contribution in [0, 0.1) is 6.92 Å². The van der Waals surface area contributed by atoms with Crippen molar-refractivity contribution >= 4 is 45.0 Å². The van der Waals surface area contributed by atoms with E-state index >= 15 is 0 Å². The number of rotatable bonds is 5. The van der Waals surface area contributed by atoms with E-state index in [4.69, 9.17) is 17.3 Å². The van der Waals surface area contributed by atoms with Gasteiger partial charge in [0.2, 0.25) is 0 Å². The third-order valence-corrected chi connectivity index (χ3v) is 7.65. The lowest BCUT2D eigenvalue weighted by Gasteiger charge is -2.26. The van der Waals surface area contributed by atoms with Crippen LogP contribution in [0.25, 0.3) is 10.2 Å². The zero-order valence-electron chi connectivity index (χ0n) is 18.4. The number of aromatic nitrogens is 3. The van der Waals surface area contributed by atoms with E-state index in [1.54, 1.807) is 0 Å². The molecule has 0 saturated carbocycles. The van der Waals surface area contributed by atoms with Gasteiger partial charge in [-0.15, -0.1) is 11.3 Å². The molecule has 0 bridgehead atoms. The Hall–Kier alpha value is -3.43. The van der Waals surface area contributed by atoms with Crippen molar-refractivity contribution in [3.05, 3.63) is 84.7 Å². The minimum atomic E-state index is -0.789. The number of primary amides is 1. The number of amides is 2. The summed E-state index contributed by atoms with van der Waals surface area (Å²) in [4.78, 5) is 41.2. The van der Waals surface area contributed by atoms with Crippen LogP contribution in [0.4, 0.5) is 0 Å². The Morgan fingerprint density at radius 2 is 2.12 bits per heavy atom. The third kappa shape index (κ3) is 4.01. The van der Waals surface area contributed by atoms with Gasteiger partial charge in [0.1, 0.15) is 10.4 Å². The van der Waals surface area contributed by atoms with Gasteiger partial charge in [-0.25, -0.2) is 0 Å². The van der Waals surface area contributed by atoms with Crippen LogP contribution < -0.4 is 16.6 Å². The number of nitrogens with zero attached hydrogens (tertiary/aromatic N) is 2. The van der Waals surface area contributed by atoms with E-state index in [1.165, 1.54) is 17.4 Å². The van der Waals surface area contributed by atoms with E-state index in [1.807, 2.05) is 41.9 Å². The molecule has 8 nitrogen and oxygen atoms in total. The normalized spacial score (nSPS) is 15.3. The van der Waals surface area contributed by atoms with Crippen molar-refractivity contribution in [3.8, 4) is 0 Å². The lowest BCUT2D eigenvalue weighted by Crippen LogP contribution is -2.33. The summed E-state index contributed by atoms with van der Waals surface area (Å²) in [6.07, 6.45) is 2.19. The number of fused-ring (bicyclic) bond motifs is 2. The smallest absolute Gasteiger partial charge is 0.261 e. The number of nitrogens with one attached hydrogen (secondary N) is 2. The first-order valence-corrected chi connectivity index (χ1v) is 12.1. The van der Waals surface area contributed by atoms with E-state index in [9.17, 15) is 14.4 Å². The van der Waals surface area contributed by atoms with Gasteiger partial charge in [-0.05, 0) is 55.5 Å². The molecule has 4 aromatic rings. The fraction of sp³-hybridized carbons (Fsp3) is 0.250. The van der Waals surface area contributed by atoms with Gasteiger partial charge in [-0.1, -0.05) is 29.8 Å². The first-order valence-electron chi connectivity index (χ1n) is 10.9. The molecular weight excluding hydrogens is 474 g/mol. The molecule has 2 amide bonds. The second-order valence-corrected chi connectivity index (χ2v) is 9.83. The molecule has 0 aliphatic heterocycles. The van der Waals surface area contributed by atoms with E-state index in [-0.39, 0.29) is 17.5 Å². The molecule has 0 spiro atoms. The van der Waals surface area contributed by atoms with Gasteiger partial charge in [0, 0.05) is 16.1 Å². The number of hydrogen-bond donors (Lipinski definition) is 3. The molecular formula is C24H22ClN5O3S. The SMILES string of the molecule is Cc1nn(Cc2ccccc2Cl)c2sc(C(=O)NC3CCCc4[nH]c(=O)c(C(N)=O)cc43)cc12. The molecule has 3 heterocycles. The molecule has 1 aromatic carbocycles. The summed E-state index contributed by atoms with van der Waals surface area (Å²) in [5.41, 5.74) is 8.00. The molecule has 1 aliphatic rings. The van der Waals surface area contributed by atoms with Gasteiger partial charge in [0.25, 0.3) is 17.4 Å². The van der Waals surface area contributed by atoms with Gasteiger partial charge in [0.15, 0.2) is 0 Å². The minimum Gasteiger partial charge on any atom is -0.365 e. The summed E-state index contributed by atoms with van der Waals surface area (Å²) in [5.74, 6) is -1.00. The van der Waals surface area contributed by atoms with Crippen molar-refractivity contribution in [2.45, 2.75) is 38.8 Å². The monoisotopic (exact) mass is 495 g/mol. The summed E-state index contributed by atoms with van der Waals surface area (Å²) in [6.45, 7) is 2.42. The second-order valence-electron chi connectivity index (χ2n) is 8.39. The summed E-state index contributed by atoms with van der Waals surface area (Å²) < 4.78 is 1.87. The molecule has 4 N–H and O–H groups in total. The number of hydrogen-bond acceptors (Lipinski definition) is 5. The average molecular weight is 496 g/mol. The van der Waals surface area contributed by atoms with Gasteiger partial charge >= 0.3 is 0 Å². The number of nitrogens with two attached hydrogens (primary N) is 1. The minimum absolute atomic E-state index is 0.1000. The number of aryl methyl sites for hydroxylation is 2. The molecule has 1 unspecified atom stereocenters. The Morgan fingerprint density at radius 3 is 2.88 bits per heavy atom. The van der Waals surface area contributed by atoms with Crippen LogP contribution in [0.2, 0.25) is 5.02 Å². The van der Waals surface area contributed by atoms with Crippen LogP contribution in [0.1, 0.15) is 61.4 Å². The zero-order valence-corrected chi connectivity index (χ0v) is 19.9. The van der Waals surface area contributed by atoms with Crippen molar-refractivity contribution in [1.29, 1.82) is 0 Å². The lowest BCUT2D eigenvalue weighted by molar-refractivity contribution is 0.0936. The maximum atomic E-state index is 13.2. The van der Waals surface area contributed by atoms with Gasteiger partial charge in [0.05, 0.1) is 23.2 Å². The van der Waals surface area contributed by atoms with Crippen LogP contribution >= 0.6 is 22.9 Å². The maximum Gasteiger partial charge on any atom is 0.261 e. The van der Waals surface area contributed by atoms with Crippen LogP contribution in [0.15, 0.2) is 41.2 Å². The Labute approximate surface area is 203 Å². The zero-order chi connectivity index (χ0) is 24.0. The van der Waals surface area contributed by atoms with E-state index in [2.05, 4.69) is 15.4 Å². The van der Waals surface area contributed by atoms with Gasteiger partial charge in [-0.3, -0.25) is 19.1 Å².